The number of rotatable bonds is 5. The topological polar surface area (TPSA) is 91.5 Å². The predicted molar refractivity (Wildman–Crippen MR) is 91.7 cm³/mol. The zero-order valence-electron chi connectivity index (χ0n) is 15.5. The molecular weight excluding hydrogens is 381 g/mol. The third-order valence-electron chi connectivity index (χ3n) is 4.66. The van der Waals surface area contributed by atoms with Crippen LogP contribution in [0.15, 0.2) is 12.1 Å². The summed E-state index contributed by atoms with van der Waals surface area (Å²) >= 11 is 0. The molecule has 1 atom stereocenters. The lowest BCUT2D eigenvalue weighted by Crippen LogP contribution is -2.35. The summed E-state index contributed by atoms with van der Waals surface area (Å²) in [5.74, 6) is 0.310. The second-order valence-corrected chi connectivity index (χ2v) is 6.52. The van der Waals surface area contributed by atoms with Gasteiger partial charge in [0.25, 0.3) is 5.69 Å². The number of alkyl halides is 3. The van der Waals surface area contributed by atoms with Crippen molar-refractivity contribution in [2.24, 2.45) is 7.05 Å². The summed E-state index contributed by atoms with van der Waals surface area (Å²) in [4.78, 5) is 10.6. The summed E-state index contributed by atoms with van der Waals surface area (Å²) in [7, 11) is 1.57. The van der Waals surface area contributed by atoms with E-state index in [1.165, 1.54) is 23.7 Å². The Labute approximate surface area is 158 Å². The van der Waals surface area contributed by atoms with Crippen molar-refractivity contribution >= 4 is 5.69 Å². The molecule has 1 aliphatic rings. The molecule has 0 fully saturated rings. The number of hydrogen-bond donors (Lipinski definition) is 1. The van der Waals surface area contributed by atoms with Gasteiger partial charge in [0.15, 0.2) is 6.79 Å². The molecule has 1 N–H and O–H groups in total. The van der Waals surface area contributed by atoms with E-state index in [9.17, 15) is 23.3 Å². The Morgan fingerprint density at radius 1 is 1.39 bits per heavy atom. The molecule has 8 nitrogen and oxygen atoms in total. The van der Waals surface area contributed by atoms with Crippen molar-refractivity contribution in [2.45, 2.75) is 39.2 Å². The molecule has 1 aromatic carbocycles. The average molecular weight is 400 g/mol. The molecule has 0 saturated carbocycles. The minimum absolute atomic E-state index is 0.0403. The molecule has 1 aromatic heterocycles. The van der Waals surface area contributed by atoms with Gasteiger partial charge in [-0.3, -0.25) is 20.1 Å². The number of benzene rings is 1. The number of ether oxygens (including phenoxy) is 2. The van der Waals surface area contributed by atoms with Crippen molar-refractivity contribution in [3.8, 4) is 5.75 Å². The van der Waals surface area contributed by atoms with Crippen LogP contribution in [0.25, 0.3) is 0 Å². The molecular formula is C17H19F3N4O4. The van der Waals surface area contributed by atoms with Crippen LogP contribution in [0.1, 0.15) is 34.1 Å². The van der Waals surface area contributed by atoms with Crippen LogP contribution >= 0.6 is 0 Å². The summed E-state index contributed by atoms with van der Waals surface area (Å²) in [6.07, 6.45) is -4.58. The van der Waals surface area contributed by atoms with E-state index < -0.39 is 17.1 Å². The maximum atomic E-state index is 13.8. The van der Waals surface area contributed by atoms with Crippen molar-refractivity contribution in [3.05, 3.63) is 50.3 Å². The van der Waals surface area contributed by atoms with Gasteiger partial charge in [-0.2, -0.15) is 18.3 Å². The Bertz CT molecular complexity index is 911. The van der Waals surface area contributed by atoms with Crippen LogP contribution in [0.2, 0.25) is 0 Å². The van der Waals surface area contributed by atoms with Gasteiger partial charge < -0.3 is 9.47 Å². The molecule has 1 unspecified atom stereocenters. The third-order valence-corrected chi connectivity index (χ3v) is 4.66. The van der Waals surface area contributed by atoms with E-state index in [0.29, 0.717) is 17.0 Å². The summed E-state index contributed by atoms with van der Waals surface area (Å²) in [5.41, 5.74) is 1.15. The van der Waals surface area contributed by atoms with Gasteiger partial charge in [-0.25, -0.2) is 0 Å². The Morgan fingerprint density at radius 3 is 2.68 bits per heavy atom. The first-order valence-electron chi connectivity index (χ1n) is 8.40. The van der Waals surface area contributed by atoms with Gasteiger partial charge in [0.05, 0.1) is 17.2 Å². The maximum Gasteiger partial charge on any atom is 0.408 e. The lowest BCUT2D eigenvalue weighted by molar-refractivity contribution is -0.385. The number of aryl methyl sites for hydroxylation is 2. The monoisotopic (exact) mass is 400 g/mol. The van der Waals surface area contributed by atoms with E-state index in [4.69, 9.17) is 9.47 Å². The number of fused-ring (bicyclic) bond motifs is 1. The quantitative estimate of drug-likeness (QED) is 0.612. The van der Waals surface area contributed by atoms with E-state index in [0.717, 1.165) is 0 Å². The minimum atomic E-state index is -4.58. The number of non-ortho nitro benzene ring substituents is 1. The van der Waals surface area contributed by atoms with Crippen LogP contribution in [0.5, 0.6) is 5.75 Å². The smallest absolute Gasteiger partial charge is 0.408 e. The van der Waals surface area contributed by atoms with Crippen molar-refractivity contribution in [2.75, 3.05) is 6.79 Å². The molecule has 2 aromatic rings. The van der Waals surface area contributed by atoms with Crippen molar-refractivity contribution in [3.63, 3.8) is 0 Å². The summed E-state index contributed by atoms with van der Waals surface area (Å²) < 4.78 is 53.2. The molecule has 0 spiro atoms. The maximum absolute atomic E-state index is 13.8. The van der Waals surface area contributed by atoms with E-state index in [2.05, 4.69) is 10.4 Å². The zero-order chi connectivity index (χ0) is 20.6. The number of halogens is 3. The molecule has 152 valence electrons. The molecule has 28 heavy (non-hydrogen) atoms. The number of nitrogens with one attached hydrogen (secondary N) is 1. The SMILES string of the molecule is Cc1nn(C)c(C)c1C(NCc1cc([N+](=O)[O-])cc2c1OCOC2)C(F)(F)F. The molecule has 11 heteroatoms. The highest BCUT2D eigenvalue weighted by Gasteiger charge is 2.43. The lowest BCUT2D eigenvalue weighted by Gasteiger charge is -2.25. The summed E-state index contributed by atoms with van der Waals surface area (Å²) in [6, 6.07) is 0.540. The first-order chi connectivity index (χ1) is 13.1. The predicted octanol–water partition coefficient (Wildman–Crippen LogP) is 3.20. The second kappa shape index (κ2) is 7.40. The van der Waals surface area contributed by atoms with Crippen molar-refractivity contribution < 1.29 is 27.6 Å². The van der Waals surface area contributed by atoms with E-state index in [1.807, 2.05) is 0 Å². The molecule has 2 heterocycles. The van der Waals surface area contributed by atoms with Crippen LogP contribution in [0.3, 0.4) is 0 Å². The summed E-state index contributed by atoms with van der Waals surface area (Å²) in [6.45, 7) is 2.82. The number of aromatic nitrogens is 2. The number of nitrogens with zero attached hydrogens (tertiary/aromatic N) is 3. The number of hydrogen-bond acceptors (Lipinski definition) is 6. The highest BCUT2D eigenvalue weighted by atomic mass is 19.4. The van der Waals surface area contributed by atoms with E-state index >= 15 is 0 Å². The van der Waals surface area contributed by atoms with Crippen LogP contribution in [-0.2, 0) is 24.9 Å². The molecule has 3 rings (SSSR count). The normalized spacial score (nSPS) is 15.1. The van der Waals surface area contributed by atoms with Crippen LogP contribution in [0.4, 0.5) is 18.9 Å². The van der Waals surface area contributed by atoms with Gasteiger partial charge in [0.2, 0.25) is 0 Å². The zero-order valence-corrected chi connectivity index (χ0v) is 15.5. The fourth-order valence-corrected chi connectivity index (χ4v) is 3.32. The molecule has 1 aliphatic heterocycles. The van der Waals surface area contributed by atoms with Crippen LogP contribution in [-0.4, -0.2) is 27.7 Å². The molecule has 0 saturated heterocycles. The Hall–Kier alpha value is -2.66. The first-order valence-corrected chi connectivity index (χ1v) is 8.40. The second-order valence-electron chi connectivity index (χ2n) is 6.52. The van der Waals surface area contributed by atoms with Gasteiger partial charge >= 0.3 is 6.18 Å². The van der Waals surface area contributed by atoms with Crippen LogP contribution < -0.4 is 10.1 Å². The Balaban J connectivity index is 1.96. The van der Waals surface area contributed by atoms with Crippen molar-refractivity contribution in [1.82, 2.24) is 15.1 Å². The van der Waals surface area contributed by atoms with E-state index in [-0.39, 0.29) is 42.5 Å². The number of nitro benzene ring substituents is 1. The fraction of sp³-hybridized carbons (Fsp3) is 0.471. The molecule has 0 amide bonds. The highest BCUT2D eigenvalue weighted by Crippen LogP contribution is 2.37. The van der Waals surface area contributed by atoms with Gasteiger partial charge in [-0.05, 0) is 13.8 Å². The average Bonchev–Trinajstić information content (AvgIpc) is 2.86. The van der Waals surface area contributed by atoms with E-state index in [1.54, 1.807) is 14.0 Å². The van der Waals surface area contributed by atoms with Gasteiger partial charge in [-0.15, -0.1) is 0 Å². The molecule has 0 bridgehead atoms. The van der Waals surface area contributed by atoms with Crippen molar-refractivity contribution in [1.29, 1.82) is 0 Å². The van der Waals surface area contributed by atoms with Gasteiger partial charge in [0, 0.05) is 48.1 Å². The fourth-order valence-electron chi connectivity index (χ4n) is 3.32. The van der Waals surface area contributed by atoms with Gasteiger partial charge in [-0.1, -0.05) is 0 Å². The first kappa shape index (κ1) is 20.1. The molecule has 0 radical (unpaired) electrons. The lowest BCUT2D eigenvalue weighted by atomic mass is 10.0. The molecule has 0 aliphatic carbocycles. The van der Waals surface area contributed by atoms with Gasteiger partial charge in [0.1, 0.15) is 11.8 Å². The standard InChI is InChI=1S/C17H19F3N4O4/c1-9-14(10(2)23(3)22-9)16(17(18,19)20)21-6-11-4-13(24(25)26)5-12-7-27-8-28-15(11)12/h4-5,16,21H,6-8H2,1-3H3. The Kier molecular flexibility index (Phi) is 5.31. The minimum Gasteiger partial charge on any atom is -0.467 e. The largest absolute Gasteiger partial charge is 0.467 e. The number of nitro groups is 1. The van der Waals surface area contributed by atoms with Crippen LogP contribution in [0, 0.1) is 24.0 Å². The summed E-state index contributed by atoms with van der Waals surface area (Å²) in [5, 5.41) is 17.7. The highest BCUT2D eigenvalue weighted by molar-refractivity contribution is 5.50. The Morgan fingerprint density at radius 2 is 2.11 bits per heavy atom. The third kappa shape index (κ3) is 3.80.